The molecule has 1 rings (SSSR count). The second kappa shape index (κ2) is 7.53. The minimum Gasteiger partial charge on any atom is -0.355 e. The number of allylic oxidation sites excluding steroid dienone is 4. The van der Waals surface area contributed by atoms with Crippen molar-refractivity contribution < 1.29 is 4.79 Å². The quantitative estimate of drug-likeness (QED) is 0.780. The molecule has 20 heavy (non-hydrogen) atoms. The molecular weight excluding hydrogens is 248 g/mol. The Balaban J connectivity index is 2.97. The van der Waals surface area contributed by atoms with Gasteiger partial charge in [0, 0.05) is 37.5 Å². The Kier molecular flexibility index (Phi) is 6.04. The fraction of sp³-hybridized carbons (Fsp3) is 0.353. The van der Waals surface area contributed by atoms with Crippen molar-refractivity contribution in [2.75, 3.05) is 13.6 Å². The Morgan fingerprint density at radius 2 is 2.20 bits per heavy atom. The van der Waals surface area contributed by atoms with Gasteiger partial charge < -0.3 is 10.2 Å². The number of rotatable bonds is 5. The van der Waals surface area contributed by atoms with Crippen LogP contribution in [0.15, 0.2) is 60.0 Å². The highest BCUT2D eigenvalue weighted by molar-refractivity contribution is 5.94. The summed E-state index contributed by atoms with van der Waals surface area (Å²) in [6.45, 7) is 10.6. The van der Waals surface area contributed by atoms with Gasteiger partial charge in [0.25, 0.3) is 0 Å². The first kappa shape index (κ1) is 16.0. The van der Waals surface area contributed by atoms with E-state index in [1.54, 1.807) is 7.05 Å². The van der Waals surface area contributed by atoms with Gasteiger partial charge in [0.15, 0.2) is 0 Å². The molecule has 0 saturated heterocycles. The number of likely N-dealkylation sites (N-methyl/N-ethyl adjacent to an activating group) is 1. The molecule has 0 saturated carbocycles. The number of nitrogens with zero attached hydrogens (tertiary/aromatic N) is 1. The lowest BCUT2D eigenvalue weighted by Crippen LogP contribution is -2.30. The van der Waals surface area contributed by atoms with Crippen molar-refractivity contribution in [3.63, 3.8) is 0 Å². The highest BCUT2D eigenvalue weighted by Crippen LogP contribution is 2.26. The van der Waals surface area contributed by atoms with Crippen molar-refractivity contribution in [2.24, 2.45) is 5.92 Å². The molecule has 108 valence electrons. The van der Waals surface area contributed by atoms with Gasteiger partial charge in [-0.3, -0.25) is 4.79 Å². The van der Waals surface area contributed by atoms with Crippen LogP contribution < -0.4 is 5.32 Å². The summed E-state index contributed by atoms with van der Waals surface area (Å²) in [4.78, 5) is 14.0. The summed E-state index contributed by atoms with van der Waals surface area (Å²) >= 11 is 0. The van der Waals surface area contributed by atoms with Crippen LogP contribution in [0.2, 0.25) is 0 Å². The molecule has 1 atom stereocenters. The smallest absolute Gasteiger partial charge is 0.249 e. The Bertz CT molecular complexity index is 495. The van der Waals surface area contributed by atoms with E-state index < -0.39 is 0 Å². The van der Waals surface area contributed by atoms with Gasteiger partial charge in [-0.05, 0) is 25.0 Å². The van der Waals surface area contributed by atoms with Crippen LogP contribution in [-0.2, 0) is 4.79 Å². The molecule has 0 aliphatic carbocycles. The summed E-state index contributed by atoms with van der Waals surface area (Å²) in [5, 5.41) is 2.70. The summed E-state index contributed by atoms with van der Waals surface area (Å²) in [5.41, 5.74) is 3.08. The second-order valence-corrected chi connectivity index (χ2v) is 4.90. The Morgan fingerprint density at radius 3 is 2.75 bits per heavy atom. The third kappa shape index (κ3) is 3.98. The number of nitrogens with one attached hydrogen (secondary N) is 1. The molecule has 0 fully saturated rings. The van der Waals surface area contributed by atoms with Crippen LogP contribution >= 0.6 is 0 Å². The molecule has 1 heterocycles. The van der Waals surface area contributed by atoms with E-state index in [2.05, 4.69) is 25.0 Å². The van der Waals surface area contributed by atoms with Crippen molar-refractivity contribution >= 4 is 5.91 Å². The van der Waals surface area contributed by atoms with Crippen LogP contribution in [0.1, 0.15) is 20.8 Å². The Labute approximate surface area is 122 Å². The van der Waals surface area contributed by atoms with Gasteiger partial charge in [0.2, 0.25) is 5.91 Å². The van der Waals surface area contributed by atoms with E-state index in [1.807, 2.05) is 49.3 Å². The molecule has 3 heteroatoms. The maximum absolute atomic E-state index is 11.9. The Hall–Kier alpha value is -2.03. The van der Waals surface area contributed by atoms with Gasteiger partial charge >= 0.3 is 0 Å². The average molecular weight is 272 g/mol. The normalized spacial score (nSPS) is 19.7. The van der Waals surface area contributed by atoms with Crippen LogP contribution in [0.25, 0.3) is 0 Å². The molecule has 1 aliphatic rings. The van der Waals surface area contributed by atoms with Crippen molar-refractivity contribution in [1.29, 1.82) is 0 Å². The molecule has 0 spiro atoms. The predicted molar refractivity (Wildman–Crippen MR) is 84.9 cm³/mol. The molecule has 0 aromatic rings. The van der Waals surface area contributed by atoms with E-state index in [9.17, 15) is 4.79 Å². The first-order valence-electron chi connectivity index (χ1n) is 6.85. The topological polar surface area (TPSA) is 32.3 Å². The third-order valence-electron chi connectivity index (χ3n) is 3.44. The monoisotopic (exact) mass is 272 g/mol. The SMILES string of the molecule is C=C/C(=C\C=C/C)CN1C=C(C)C(C)C(C(=O)NC)=C1. The van der Waals surface area contributed by atoms with Crippen molar-refractivity contribution in [3.8, 4) is 0 Å². The summed E-state index contributed by atoms with van der Waals surface area (Å²) in [5.74, 6) is 0.130. The van der Waals surface area contributed by atoms with Gasteiger partial charge in [-0.25, -0.2) is 0 Å². The van der Waals surface area contributed by atoms with Gasteiger partial charge in [0.1, 0.15) is 0 Å². The van der Waals surface area contributed by atoms with Crippen LogP contribution in [-0.4, -0.2) is 24.4 Å². The highest BCUT2D eigenvalue weighted by Gasteiger charge is 2.22. The first-order valence-corrected chi connectivity index (χ1v) is 6.85. The molecule has 1 amide bonds. The molecule has 0 aromatic carbocycles. The van der Waals surface area contributed by atoms with Gasteiger partial charge in [-0.15, -0.1) is 0 Å². The van der Waals surface area contributed by atoms with Crippen molar-refractivity contribution in [3.05, 3.63) is 60.0 Å². The van der Waals surface area contributed by atoms with E-state index in [-0.39, 0.29) is 11.8 Å². The predicted octanol–water partition coefficient (Wildman–Crippen LogP) is 3.16. The molecule has 1 unspecified atom stereocenters. The lowest BCUT2D eigenvalue weighted by Gasteiger charge is -2.28. The molecule has 1 aliphatic heterocycles. The minimum atomic E-state index is -0.0208. The number of hydrogen-bond acceptors (Lipinski definition) is 2. The molecule has 1 N–H and O–H groups in total. The number of amides is 1. The van der Waals surface area contributed by atoms with E-state index in [0.29, 0.717) is 6.54 Å². The molecular formula is C17H24N2O. The standard InChI is InChI=1S/C17H24N2O/c1-6-8-9-15(7-2)11-19-10-13(3)14(4)16(12-19)17(20)18-5/h6-10,12,14H,2,11H2,1,3-5H3,(H,18,20)/b8-6-,15-9+. The van der Waals surface area contributed by atoms with E-state index in [4.69, 9.17) is 0 Å². The van der Waals surface area contributed by atoms with E-state index in [0.717, 1.165) is 11.1 Å². The Morgan fingerprint density at radius 1 is 1.50 bits per heavy atom. The largest absolute Gasteiger partial charge is 0.355 e. The lowest BCUT2D eigenvalue weighted by atomic mass is 9.92. The number of carbonyl (C=O) groups excluding carboxylic acids is 1. The first-order chi connectivity index (χ1) is 9.53. The zero-order valence-electron chi connectivity index (χ0n) is 12.8. The lowest BCUT2D eigenvalue weighted by molar-refractivity contribution is -0.117. The van der Waals surface area contributed by atoms with Gasteiger partial charge in [0.05, 0.1) is 0 Å². The molecule has 0 aromatic heterocycles. The average Bonchev–Trinajstić information content (AvgIpc) is 2.45. The maximum Gasteiger partial charge on any atom is 0.249 e. The fourth-order valence-electron chi connectivity index (χ4n) is 2.05. The summed E-state index contributed by atoms with van der Waals surface area (Å²) in [7, 11) is 1.66. The summed E-state index contributed by atoms with van der Waals surface area (Å²) < 4.78 is 0. The van der Waals surface area contributed by atoms with Gasteiger partial charge in [-0.2, -0.15) is 0 Å². The molecule has 0 radical (unpaired) electrons. The summed E-state index contributed by atoms with van der Waals surface area (Å²) in [6, 6.07) is 0. The van der Waals surface area contributed by atoms with E-state index >= 15 is 0 Å². The zero-order chi connectivity index (χ0) is 15.1. The minimum absolute atomic E-state index is 0.0208. The highest BCUT2D eigenvalue weighted by atomic mass is 16.1. The van der Waals surface area contributed by atoms with Crippen molar-refractivity contribution in [2.45, 2.75) is 20.8 Å². The van der Waals surface area contributed by atoms with Crippen LogP contribution in [0, 0.1) is 5.92 Å². The van der Waals surface area contributed by atoms with Gasteiger partial charge in [-0.1, -0.05) is 37.8 Å². The maximum atomic E-state index is 11.9. The van der Waals surface area contributed by atoms with E-state index in [1.165, 1.54) is 5.57 Å². The van der Waals surface area contributed by atoms with Crippen LogP contribution in [0.3, 0.4) is 0 Å². The molecule has 3 nitrogen and oxygen atoms in total. The van der Waals surface area contributed by atoms with Crippen LogP contribution in [0.4, 0.5) is 0 Å². The number of carbonyl (C=O) groups is 1. The van der Waals surface area contributed by atoms with Crippen LogP contribution in [0.5, 0.6) is 0 Å². The fourth-order valence-corrected chi connectivity index (χ4v) is 2.05. The zero-order valence-corrected chi connectivity index (χ0v) is 12.8. The van der Waals surface area contributed by atoms with Crippen molar-refractivity contribution in [1.82, 2.24) is 10.2 Å². The second-order valence-electron chi connectivity index (χ2n) is 4.90. The molecule has 0 bridgehead atoms. The number of hydrogen-bond donors (Lipinski definition) is 1. The third-order valence-corrected chi connectivity index (χ3v) is 3.44. The summed E-state index contributed by atoms with van der Waals surface area (Å²) in [6.07, 6.45) is 11.8.